The molecule has 1 aliphatic heterocycles. The molecule has 0 N–H and O–H groups in total. The largest absolute Gasteiger partial charge is 0.348 e. The smallest absolute Gasteiger partial charge is 0.165 e. The quantitative estimate of drug-likeness (QED) is 0.785. The molecule has 3 nitrogen and oxygen atoms in total. The summed E-state index contributed by atoms with van der Waals surface area (Å²) in [6.45, 7) is 3.42. The fourth-order valence-electron chi connectivity index (χ4n) is 4.02. The van der Waals surface area contributed by atoms with E-state index in [1.807, 2.05) is 6.92 Å². The van der Waals surface area contributed by atoms with Crippen LogP contribution in [0.4, 0.5) is 0 Å². The highest BCUT2D eigenvalue weighted by Crippen LogP contribution is 2.40. The van der Waals surface area contributed by atoms with Crippen LogP contribution in [-0.4, -0.2) is 24.8 Å². The maximum absolute atomic E-state index is 12.2. The highest BCUT2D eigenvalue weighted by Gasteiger charge is 2.32. The lowest BCUT2D eigenvalue weighted by molar-refractivity contribution is -0.147. The maximum Gasteiger partial charge on any atom is 0.165 e. The molecule has 2 aliphatic carbocycles. The molecule has 0 radical (unpaired) electrons. The van der Waals surface area contributed by atoms with Gasteiger partial charge < -0.3 is 9.47 Å². The van der Waals surface area contributed by atoms with E-state index in [0.29, 0.717) is 24.9 Å². The molecule has 20 heavy (non-hydrogen) atoms. The van der Waals surface area contributed by atoms with Crippen LogP contribution in [0.25, 0.3) is 0 Å². The Morgan fingerprint density at radius 2 is 1.95 bits per heavy atom. The molecule has 1 unspecified atom stereocenters. The number of carbonyl (C=O) groups excluding carboxylic acids is 1. The molecule has 1 heterocycles. The van der Waals surface area contributed by atoms with Crippen LogP contribution in [0.5, 0.6) is 0 Å². The summed E-state index contributed by atoms with van der Waals surface area (Å²) in [5.74, 6) is 0.720. The van der Waals surface area contributed by atoms with E-state index in [4.69, 9.17) is 9.47 Å². The molecule has 0 bridgehead atoms. The van der Waals surface area contributed by atoms with Crippen LogP contribution in [0.2, 0.25) is 0 Å². The average molecular weight is 278 g/mol. The Morgan fingerprint density at radius 3 is 2.75 bits per heavy atom. The van der Waals surface area contributed by atoms with E-state index in [1.54, 1.807) is 0 Å². The summed E-state index contributed by atoms with van der Waals surface area (Å²) in [6, 6.07) is 0. The fraction of sp³-hybridized carbons (Fsp3) is 0.824. The van der Waals surface area contributed by atoms with E-state index in [2.05, 4.69) is 0 Å². The van der Waals surface area contributed by atoms with Crippen molar-refractivity contribution in [2.45, 2.75) is 70.5 Å². The second-order valence-corrected chi connectivity index (χ2v) is 6.59. The van der Waals surface area contributed by atoms with Crippen molar-refractivity contribution < 1.29 is 14.3 Å². The molecule has 0 aromatic rings. The van der Waals surface area contributed by atoms with Gasteiger partial charge in [0, 0.05) is 12.8 Å². The predicted molar refractivity (Wildman–Crippen MR) is 77.4 cm³/mol. The fourth-order valence-corrected chi connectivity index (χ4v) is 4.02. The zero-order chi connectivity index (χ0) is 14.0. The molecule has 3 heteroatoms. The molecular formula is C17H26O3. The molecule has 1 atom stereocenters. The third-order valence-electron chi connectivity index (χ3n) is 5.14. The lowest BCUT2D eigenvalue weighted by atomic mass is 9.73. The summed E-state index contributed by atoms with van der Waals surface area (Å²) in [7, 11) is 0. The lowest BCUT2D eigenvalue weighted by Crippen LogP contribution is -2.26. The number of ether oxygens (including phenoxy) is 2. The van der Waals surface area contributed by atoms with Crippen molar-refractivity contribution in [1.29, 1.82) is 0 Å². The summed E-state index contributed by atoms with van der Waals surface area (Å²) in [6.07, 6.45) is 9.76. The number of Topliss-reactive ketones (excluding diaryl/α,β-unsaturated/α-hetero) is 1. The molecule has 3 rings (SSSR count). The highest BCUT2D eigenvalue weighted by atomic mass is 16.7. The van der Waals surface area contributed by atoms with E-state index in [0.717, 1.165) is 38.5 Å². The molecule has 1 saturated carbocycles. The van der Waals surface area contributed by atoms with Crippen LogP contribution >= 0.6 is 0 Å². The number of hydrogen-bond donors (Lipinski definition) is 0. The van der Waals surface area contributed by atoms with Gasteiger partial charge in [-0.05, 0) is 56.9 Å². The minimum absolute atomic E-state index is 0.408. The Balaban J connectivity index is 1.62. The summed E-state index contributed by atoms with van der Waals surface area (Å²) >= 11 is 0. The van der Waals surface area contributed by atoms with Crippen LogP contribution in [-0.2, 0) is 14.3 Å². The molecular weight excluding hydrogens is 252 g/mol. The molecule has 0 aromatic carbocycles. The molecule has 3 aliphatic rings. The molecule has 0 aromatic heterocycles. The van der Waals surface area contributed by atoms with Gasteiger partial charge in [0.15, 0.2) is 11.6 Å². The van der Waals surface area contributed by atoms with Crippen LogP contribution in [0.15, 0.2) is 11.1 Å². The normalized spacial score (nSPS) is 29.6. The van der Waals surface area contributed by atoms with E-state index in [9.17, 15) is 4.79 Å². The number of fused-ring (bicyclic) bond motifs is 1. The summed E-state index contributed by atoms with van der Waals surface area (Å²) < 4.78 is 11.3. The first-order chi connectivity index (χ1) is 9.68. The van der Waals surface area contributed by atoms with Gasteiger partial charge in [0.2, 0.25) is 0 Å². The SMILES string of the molecule is CC1(CCCC2=C3CCCCC3CCC2=O)OCCO1. The maximum atomic E-state index is 12.2. The first-order valence-corrected chi connectivity index (χ1v) is 8.21. The molecule has 112 valence electrons. The average Bonchev–Trinajstić information content (AvgIpc) is 2.88. The Bertz CT molecular complexity index is 404. The Labute approximate surface area is 121 Å². The van der Waals surface area contributed by atoms with Crippen molar-refractivity contribution >= 4 is 5.78 Å². The van der Waals surface area contributed by atoms with Gasteiger partial charge in [0.1, 0.15) is 0 Å². The van der Waals surface area contributed by atoms with Crippen molar-refractivity contribution in [2.75, 3.05) is 13.2 Å². The van der Waals surface area contributed by atoms with Crippen molar-refractivity contribution in [3.05, 3.63) is 11.1 Å². The number of rotatable bonds is 4. The van der Waals surface area contributed by atoms with Crippen LogP contribution < -0.4 is 0 Å². The van der Waals surface area contributed by atoms with E-state index >= 15 is 0 Å². The standard InChI is InChI=1S/C17H26O3/c1-17(19-11-12-20-17)10-4-7-15-14-6-3-2-5-13(14)8-9-16(15)18/h13H,2-12H2,1H3. The summed E-state index contributed by atoms with van der Waals surface area (Å²) in [5, 5.41) is 0. The third kappa shape index (κ3) is 2.99. The predicted octanol–water partition coefficient (Wildman–Crippen LogP) is 3.77. The number of carbonyl (C=O) groups is 1. The van der Waals surface area contributed by atoms with Gasteiger partial charge in [-0.15, -0.1) is 0 Å². The lowest BCUT2D eigenvalue weighted by Gasteiger charge is -2.32. The zero-order valence-corrected chi connectivity index (χ0v) is 12.6. The monoisotopic (exact) mass is 278 g/mol. The molecule has 0 amide bonds. The van der Waals surface area contributed by atoms with Crippen molar-refractivity contribution in [3.8, 4) is 0 Å². The number of ketones is 1. The number of hydrogen-bond acceptors (Lipinski definition) is 3. The van der Waals surface area contributed by atoms with Crippen LogP contribution in [0.3, 0.4) is 0 Å². The second-order valence-electron chi connectivity index (χ2n) is 6.59. The Hall–Kier alpha value is -0.670. The first kappa shape index (κ1) is 14.3. The molecule has 2 fully saturated rings. The first-order valence-electron chi connectivity index (χ1n) is 8.21. The number of allylic oxidation sites excluding steroid dienone is 2. The van der Waals surface area contributed by atoms with Gasteiger partial charge in [-0.3, -0.25) is 4.79 Å². The van der Waals surface area contributed by atoms with E-state index < -0.39 is 5.79 Å². The highest BCUT2D eigenvalue weighted by molar-refractivity contribution is 5.97. The van der Waals surface area contributed by atoms with Gasteiger partial charge in [-0.2, -0.15) is 0 Å². The van der Waals surface area contributed by atoms with Crippen molar-refractivity contribution in [3.63, 3.8) is 0 Å². The van der Waals surface area contributed by atoms with Gasteiger partial charge in [0.25, 0.3) is 0 Å². The van der Waals surface area contributed by atoms with Crippen LogP contribution in [0, 0.1) is 5.92 Å². The van der Waals surface area contributed by atoms with E-state index in [-0.39, 0.29) is 0 Å². The molecule has 0 spiro atoms. The minimum atomic E-state index is -0.408. The van der Waals surface area contributed by atoms with Crippen molar-refractivity contribution in [2.24, 2.45) is 5.92 Å². The summed E-state index contributed by atoms with van der Waals surface area (Å²) in [5.41, 5.74) is 2.67. The summed E-state index contributed by atoms with van der Waals surface area (Å²) in [4.78, 5) is 12.2. The van der Waals surface area contributed by atoms with Gasteiger partial charge >= 0.3 is 0 Å². The third-order valence-corrected chi connectivity index (χ3v) is 5.14. The van der Waals surface area contributed by atoms with Gasteiger partial charge in [0.05, 0.1) is 13.2 Å². The van der Waals surface area contributed by atoms with E-state index in [1.165, 1.54) is 30.4 Å². The van der Waals surface area contributed by atoms with Crippen LogP contribution in [0.1, 0.15) is 64.7 Å². The Kier molecular flexibility index (Phi) is 4.27. The zero-order valence-electron chi connectivity index (χ0n) is 12.6. The second kappa shape index (κ2) is 5.98. The topological polar surface area (TPSA) is 35.5 Å². The Morgan fingerprint density at radius 1 is 1.15 bits per heavy atom. The van der Waals surface area contributed by atoms with Gasteiger partial charge in [-0.25, -0.2) is 0 Å². The molecule has 1 saturated heterocycles. The minimum Gasteiger partial charge on any atom is -0.348 e. The van der Waals surface area contributed by atoms with Crippen molar-refractivity contribution in [1.82, 2.24) is 0 Å². The van der Waals surface area contributed by atoms with Gasteiger partial charge in [-0.1, -0.05) is 12.0 Å².